The molecule has 18 heavy (non-hydrogen) atoms. The van der Waals surface area contributed by atoms with E-state index in [2.05, 4.69) is 4.98 Å². The van der Waals surface area contributed by atoms with Crippen molar-refractivity contribution in [2.24, 2.45) is 0 Å². The minimum atomic E-state index is -0.443. The van der Waals surface area contributed by atoms with Gasteiger partial charge in [-0.25, -0.2) is 4.98 Å². The zero-order valence-corrected chi connectivity index (χ0v) is 10.9. The normalized spacial score (nSPS) is 17.4. The largest absolute Gasteiger partial charge is 0.468 e. The number of ether oxygens (including phenoxy) is 1. The molecule has 1 aromatic heterocycles. The fourth-order valence-corrected chi connectivity index (χ4v) is 3.35. The van der Waals surface area contributed by atoms with Gasteiger partial charge in [0, 0.05) is 0 Å². The number of rotatable bonds is 2. The highest BCUT2D eigenvalue weighted by molar-refractivity contribution is 7.22. The van der Waals surface area contributed by atoms with Crippen LogP contribution in [0.3, 0.4) is 0 Å². The number of nitrogens with zero attached hydrogens (tertiary/aromatic N) is 1. The minimum absolute atomic E-state index is 0.134. The highest BCUT2D eigenvalue weighted by Crippen LogP contribution is 2.45. The number of hydrogen-bond donors (Lipinski definition) is 1. The SMILES string of the molecule is COC(=O)C1(c2ccc3nc(N)sc3c2)CCC1. The first-order chi connectivity index (χ1) is 8.65. The molecule has 0 saturated heterocycles. The third-order valence-electron chi connectivity index (χ3n) is 3.74. The van der Waals surface area contributed by atoms with E-state index in [1.165, 1.54) is 18.4 Å². The van der Waals surface area contributed by atoms with Crippen LogP contribution in [0.1, 0.15) is 24.8 Å². The molecule has 0 unspecified atom stereocenters. The molecule has 0 spiro atoms. The summed E-state index contributed by atoms with van der Waals surface area (Å²) in [6.45, 7) is 0. The van der Waals surface area contributed by atoms with E-state index in [4.69, 9.17) is 10.5 Å². The molecule has 1 saturated carbocycles. The molecule has 3 rings (SSSR count). The summed E-state index contributed by atoms with van der Waals surface area (Å²) in [6.07, 6.45) is 2.79. The Morgan fingerprint density at radius 3 is 2.89 bits per heavy atom. The summed E-state index contributed by atoms with van der Waals surface area (Å²) >= 11 is 1.45. The summed E-state index contributed by atoms with van der Waals surface area (Å²) in [6, 6.07) is 5.93. The first kappa shape index (κ1) is 11.5. The van der Waals surface area contributed by atoms with E-state index < -0.39 is 5.41 Å². The van der Waals surface area contributed by atoms with Crippen molar-refractivity contribution >= 4 is 32.7 Å². The van der Waals surface area contributed by atoms with Crippen LogP contribution in [0, 0.1) is 0 Å². The second-order valence-corrected chi connectivity index (χ2v) is 5.72. The topological polar surface area (TPSA) is 65.2 Å². The molecule has 4 nitrogen and oxygen atoms in total. The molecular weight excluding hydrogens is 248 g/mol. The van der Waals surface area contributed by atoms with E-state index in [-0.39, 0.29) is 5.97 Å². The van der Waals surface area contributed by atoms with E-state index in [9.17, 15) is 4.79 Å². The third kappa shape index (κ3) is 1.50. The Kier molecular flexibility index (Phi) is 2.52. The van der Waals surface area contributed by atoms with Crippen LogP contribution in [-0.2, 0) is 14.9 Å². The van der Waals surface area contributed by atoms with Gasteiger partial charge in [0.2, 0.25) is 0 Å². The van der Waals surface area contributed by atoms with Crippen molar-refractivity contribution < 1.29 is 9.53 Å². The lowest BCUT2D eigenvalue weighted by Gasteiger charge is -2.39. The molecule has 1 aliphatic rings. The highest BCUT2D eigenvalue weighted by atomic mass is 32.1. The Hall–Kier alpha value is -1.62. The highest BCUT2D eigenvalue weighted by Gasteiger charge is 2.46. The zero-order valence-electron chi connectivity index (χ0n) is 10.1. The predicted octanol–water partition coefficient (Wildman–Crippen LogP) is 2.47. The van der Waals surface area contributed by atoms with Crippen molar-refractivity contribution in [2.45, 2.75) is 24.7 Å². The van der Waals surface area contributed by atoms with E-state index in [0.29, 0.717) is 5.13 Å². The summed E-state index contributed by atoms with van der Waals surface area (Å²) < 4.78 is 5.98. The van der Waals surface area contributed by atoms with Crippen molar-refractivity contribution in [1.82, 2.24) is 4.98 Å². The lowest BCUT2D eigenvalue weighted by Crippen LogP contribution is -2.43. The first-order valence-electron chi connectivity index (χ1n) is 5.91. The molecule has 1 aliphatic carbocycles. The fraction of sp³-hybridized carbons (Fsp3) is 0.385. The Labute approximate surface area is 109 Å². The molecule has 0 aliphatic heterocycles. The second kappa shape index (κ2) is 3.95. The van der Waals surface area contributed by atoms with Crippen LogP contribution >= 0.6 is 11.3 Å². The maximum atomic E-state index is 12.0. The Morgan fingerprint density at radius 2 is 2.28 bits per heavy atom. The number of anilines is 1. The summed E-state index contributed by atoms with van der Waals surface area (Å²) in [7, 11) is 1.45. The van der Waals surface area contributed by atoms with E-state index >= 15 is 0 Å². The molecule has 1 heterocycles. The number of nitrogen functional groups attached to an aromatic ring is 1. The summed E-state index contributed by atoms with van der Waals surface area (Å²) in [4.78, 5) is 16.2. The Morgan fingerprint density at radius 1 is 1.50 bits per heavy atom. The van der Waals surface area contributed by atoms with Crippen molar-refractivity contribution in [1.29, 1.82) is 0 Å². The van der Waals surface area contributed by atoms with Gasteiger partial charge in [0.1, 0.15) is 0 Å². The fourth-order valence-electron chi connectivity index (χ4n) is 2.58. The molecule has 0 amide bonds. The van der Waals surface area contributed by atoms with Gasteiger partial charge in [0.05, 0.1) is 22.7 Å². The molecule has 5 heteroatoms. The van der Waals surface area contributed by atoms with Gasteiger partial charge in [-0.3, -0.25) is 4.79 Å². The minimum Gasteiger partial charge on any atom is -0.468 e. The van der Waals surface area contributed by atoms with Gasteiger partial charge in [-0.15, -0.1) is 0 Å². The number of carbonyl (C=O) groups excluding carboxylic acids is 1. The molecular formula is C13H14N2O2S. The Bertz CT molecular complexity index is 616. The number of nitrogens with two attached hydrogens (primary N) is 1. The maximum absolute atomic E-state index is 12.0. The van der Waals surface area contributed by atoms with Gasteiger partial charge in [-0.05, 0) is 30.5 Å². The van der Waals surface area contributed by atoms with E-state index in [1.807, 2.05) is 18.2 Å². The predicted molar refractivity (Wildman–Crippen MR) is 71.6 cm³/mol. The van der Waals surface area contributed by atoms with Crippen LogP contribution in [0.4, 0.5) is 5.13 Å². The number of thiazole rings is 1. The van der Waals surface area contributed by atoms with Gasteiger partial charge < -0.3 is 10.5 Å². The monoisotopic (exact) mass is 262 g/mol. The van der Waals surface area contributed by atoms with Crippen LogP contribution < -0.4 is 5.73 Å². The molecule has 1 aromatic carbocycles. The standard InChI is InChI=1S/C13H14N2O2S/c1-17-11(16)13(5-2-6-13)8-3-4-9-10(7-8)18-12(14)15-9/h3-4,7H,2,5-6H2,1H3,(H2,14,15). The third-order valence-corrected chi connectivity index (χ3v) is 4.59. The van der Waals surface area contributed by atoms with Gasteiger partial charge in [-0.2, -0.15) is 0 Å². The van der Waals surface area contributed by atoms with Crippen molar-refractivity contribution in [2.75, 3.05) is 12.8 Å². The van der Waals surface area contributed by atoms with Crippen LogP contribution in [0.2, 0.25) is 0 Å². The molecule has 1 fully saturated rings. The average Bonchev–Trinajstić information content (AvgIpc) is 2.66. The molecule has 0 bridgehead atoms. The number of aromatic nitrogens is 1. The van der Waals surface area contributed by atoms with E-state index in [0.717, 1.165) is 35.0 Å². The van der Waals surface area contributed by atoms with Gasteiger partial charge in [-0.1, -0.05) is 23.8 Å². The average molecular weight is 262 g/mol. The Balaban J connectivity index is 2.10. The quantitative estimate of drug-likeness (QED) is 0.844. The number of methoxy groups -OCH3 is 1. The molecule has 94 valence electrons. The van der Waals surface area contributed by atoms with E-state index in [1.54, 1.807) is 0 Å². The van der Waals surface area contributed by atoms with Crippen molar-refractivity contribution in [3.8, 4) is 0 Å². The van der Waals surface area contributed by atoms with Crippen LogP contribution in [-0.4, -0.2) is 18.1 Å². The van der Waals surface area contributed by atoms with Crippen molar-refractivity contribution in [3.05, 3.63) is 23.8 Å². The molecule has 2 aromatic rings. The lowest BCUT2D eigenvalue weighted by molar-refractivity contribution is -0.151. The molecule has 0 radical (unpaired) electrons. The second-order valence-electron chi connectivity index (χ2n) is 4.66. The summed E-state index contributed by atoms with van der Waals surface area (Å²) in [5, 5.41) is 0.558. The first-order valence-corrected chi connectivity index (χ1v) is 6.72. The van der Waals surface area contributed by atoms with Crippen LogP contribution in [0.15, 0.2) is 18.2 Å². The van der Waals surface area contributed by atoms with Crippen LogP contribution in [0.25, 0.3) is 10.2 Å². The van der Waals surface area contributed by atoms with Crippen LogP contribution in [0.5, 0.6) is 0 Å². The maximum Gasteiger partial charge on any atom is 0.316 e. The molecule has 0 atom stereocenters. The molecule has 2 N–H and O–H groups in total. The number of esters is 1. The summed E-state index contributed by atoms with van der Waals surface area (Å²) in [5.74, 6) is -0.134. The van der Waals surface area contributed by atoms with Gasteiger partial charge in [0.15, 0.2) is 5.13 Å². The lowest BCUT2D eigenvalue weighted by atomic mass is 9.64. The number of benzene rings is 1. The summed E-state index contributed by atoms with van der Waals surface area (Å²) in [5.41, 5.74) is 7.17. The van der Waals surface area contributed by atoms with Crippen molar-refractivity contribution in [3.63, 3.8) is 0 Å². The van der Waals surface area contributed by atoms with Gasteiger partial charge in [0.25, 0.3) is 0 Å². The number of carbonyl (C=O) groups is 1. The smallest absolute Gasteiger partial charge is 0.316 e. The van der Waals surface area contributed by atoms with Gasteiger partial charge >= 0.3 is 5.97 Å². The number of hydrogen-bond acceptors (Lipinski definition) is 5. The zero-order chi connectivity index (χ0) is 12.8. The number of fused-ring (bicyclic) bond motifs is 1.